The van der Waals surface area contributed by atoms with Crippen LogP contribution < -0.4 is 0 Å². The molecule has 136 valence electrons. The second kappa shape index (κ2) is 7.00. The first kappa shape index (κ1) is 17.5. The maximum atomic E-state index is 13.3. The molecule has 2 aliphatic rings. The minimum Gasteiger partial charge on any atom is -0.294 e. The maximum Gasteiger partial charge on any atom is 0.166 e. The Hall–Kier alpha value is -1.93. The van der Waals surface area contributed by atoms with Crippen molar-refractivity contribution in [3.05, 3.63) is 70.3 Å². The van der Waals surface area contributed by atoms with Gasteiger partial charge >= 0.3 is 0 Å². The van der Waals surface area contributed by atoms with Crippen LogP contribution in [0.15, 0.2) is 42.5 Å². The van der Waals surface area contributed by atoms with E-state index in [9.17, 15) is 4.79 Å². The lowest BCUT2D eigenvalue weighted by molar-refractivity contribution is 0.0677. The second-order valence-electron chi connectivity index (χ2n) is 8.35. The summed E-state index contributed by atoms with van der Waals surface area (Å²) in [5.74, 6) is 0.580. The van der Waals surface area contributed by atoms with Gasteiger partial charge in [-0.2, -0.15) is 0 Å². The van der Waals surface area contributed by atoms with Crippen LogP contribution in [0.3, 0.4) is 0 Å². The van der Waals surface area contributed by atoms with Crippen molar-refractivity contribution in [3.8, 4) is 0 Å². The Balaban J connectivity index is 1.51. The molecule has 0 amide bonds. The predicted molar refractivity (Wildman–Crippen MR) is 107 cm³/mol. The standard InChI is InChI=1S/C24H29NO/c1-16-11-17(2)23(18(3)12-16)24(26)20-13-21-9-10-22(14-20)25(21)15-19-7-5-4-6-8-19/h4-8,11-12,20-22H,9-10,13-15H2,1-3H3. The van der Waals surface area contributed by atoms with E-state index in [0.717, 1.165) is 36.1 Å². The highest BCUT2D eigenvalue weighted by Crippen LogP contribution is 2.41. The fourth-order valence-corrected chi connectivity index (χ4v) is 5.31. The molecule has 2 aliphatic heterocycles. The van der Waals surface area contributed by atoms with E-state index in [4.69, 9.17) is 0 Å². The molecule has 0 N–H and O–H groups in total. The number of rotatable bonds is 4. The van der Waals surface area contributed by atoms with Crippen LogP contribution in [0.2, 0.25) is 0 Å². The van der Waals surface area contributed by atoms with Crippen molar-refractivity contribution >= 4 is 5.78 Å². The molecule has 0 aliphatic carbocycles. The van der Waals surface area contributed by atoms with Crippen LogP contribution in [0.4, 0.5) is 0 Å². The van der Waals surface area contributed by atoms with Crippen LogP contribution in [-0.2, 0) is 6.54 Å². The van der Waals surface area contributed by atoms with E-state index >= 15 is 0 Å². The van der Waals surface area contributed by atoms with Crippen LogP contribution in [0, 0.1) is 26.7 Å². The highest BCUT2D eigenvalue weighted by molar-refractivity contribution is 6.00. The lowest BCUT2D eigenvalue weighted by atomic mass is 9.82. The number of Topliss-reactive ketones (excluding diaryl/α,β-unsaturated/α-hetero) is 1. The van der Waals surface area contributed by atoms with E-state index < -0.39 is 0 Å². The molecule has 2 aromatic rings. The molecule has 2 bridgehead atoms. The van der Waals surface area contributed by atoms with Crippen molar-refractivity contribution in [1.29, 1.82) is 0 Å². The number of ketones is 1. The summed E-state index contributed by atoms with van der Waals surface area (Å²) in [6, 6.07) is 16.2. The molecule has 2 heterocycles. The summed E-state index contributed by atoms with van der Waals surface area (Å²) in [4.78, 5) is 16.0. The first-order valence-corrected chi connectivity index (χ1v) is 9.94. The molecule has 2 atom stereocenters. The number of hydrogen-bond donors (Lipinski definition) is 0. The third-order valence-electron chi connectivity index (χ3n) is 6.39. The minimum atomic E-state index is 0.194. The van der Waals surface area contributed by atoms with Gasteiger partial charge in [0.25, 0.3) is 0 Å². The van der Waals surface area contributed by atoms with E-state index in [1.165, 1.54) is 24.0 Å². The van der Waals surface area contributed by atoms with Gasteiger partial charge in [0.05, 0.1) is 0 Å². The maximum absolute atomic E-state index is 13.3. The lowest BCUT2D eigenvalue weighted by Gasteiger charge is -2.38. The largest absolute Gasteiger partial charge is 0.294 e. The Morgan fingerprint density at radius 3 is 2.12 bits per heavy atom. The highest BCUT2D eigenvalue weighted by Gasteiger charge is 2.43. The zero-order chi connectivity index (χ0) is 18.3. The van der Waals surface area contributed by atoms with Crippen molar-refractivity contribution < 1.29 is 4.79 Å². The van der Waals surface area contributed by atoms with E-state index in [1.54, 1.807) is 0 Å². The Morgan fingerprint density at radius 2 is 1.54 bits per heavy atom. The van der Waals surface area contributed by atoms with Crippen molar-refractivity contribution in [2.24, 2.45) is 5.92 Å². The molecular weight excluding hydrogens is 318 g/mol. The smallest absolute Gasteiger partial charge is 0.166 e. The van der Waals surface area contributed by atoms with Crippen LogP contribution in [0.25, 0.3) is 0 Å². The Kier molecular flexibility index (Phi) is 4.71. The number of fused-ring (bicyclic) bond motifs is 2. The molecule has 2 heteroatoms. The molecule has 2 unspecified atom stereocenters. The topological polar surface area (TPSA) is 20.3 Å². The number of aryl methyl sites for hydroxylation is 3. The number of carbonyl (C=O) groups excluding carboxylic acids is 1. The third kappa shape index (κ3) is 3.23. The number of hydrogen-bond acceptors (Lipinski definition) is 2. The first-order chi connectivity index (χ1) is 12.5. The monoisotopic (exact) mass is 347 g/mol. The van der Waals surface area contributed by atoms with Crippen LogP contribution in [-0.4, -0.2) is 22.8 Å². The lowest BCUT2D eigenvalue weighted by Crippen LogP contribution is -2.44. The minimum absolute atomic E-state index is 0.194. The Bertz CT molecular complexity index is 773. The summed E-state index contributed by atoms with van der Waals surface area (Å²) in [5.41, 5.74) is 5.91. The third-order valence-corrected chi connectivity index (χ3v) is 6.39. The van der Waals surface area contributed by atoms with E-state index in [-0.39, 0.29) is 5.92 Å². The predicted octanol–water partition coefficient (Wildman–Crippen LogP) is 5.24. The molecule has 26 heavy (non-hydrogen) atoms. The average molecular weight is 348 g/mol. The van der Waals surface area contributed by atoms with Gasteiger partial charge in [-0.15, -0.1) is 0 Å². The molecule has 0 aromatic heterocycles. The molecule has 0 saturated carbocycles. The van der Waals surface area contributed by atoms with Gasteiger partial charge in [-0.25, -0.2) is 0 Å². The highest BCUT2D eigenvalue weighted by atomic mass is 16.1. The van der Waals surface area contributed by atoms with Gasteiger partial charge in [0.15, 0.2) is 5.78 Å². The van der Waals surface area contributed by atoms with Gasteiger partial charge < -0.3 is 0 Å². The summed E-state index contributed by atoms with van der Waals surface area (Å²) in [6.07, 6.45) is 4.53. The molecular formula is C24H29NO. The number of nitrogens with zero attached hydrogens (tertiary/aromatic N) is 1. The molecule has 2 saturated heterocycles. The van der Waals surface area contributed by atoms with Crippen LogP contribution in [0.1, 0.15) is 58.3 Å². The number of benzene rings is 2. The van der Waals surface area contributed by atoms with Crippen molar-refractivity contribution in [1.82, 2.24) is 4.90 Å². The fraction of sp³-hybridized carbons (Fsp3) is 0.458. The molecule has 2 nitrogen and oxygen atoms in total. The van der Waals surface area contributed by atoms with E-state index in [0.29, 0.717) is 17.9 Å². The van der Waals surface area contributed by atoms with Gasteiger partial charge in [-0.3, -0.25) is 9.69 Å². The summed E-state index contributed by atoms with van der Waals surface area (Å²) in [5, 5.41) is 0. The fourth-order valence-electron chi connectivity index (χ4n) is 5.31. The Morgan fingerprint density at radius 1 is 0.962 bits per heavy atom. The molecule has 0 radical (unpaired) electrons. The summed E-state index contributed by atoms with van der Waals surface area (Å²) >= 11 is 0. The van der Waals surface area contributed by atoms with Crippen molar-refractivity contribution in [2.45, 2.75) is 65.1 Å². The summed E-state index contributed by atoms with van der Waals surface area (Å²) in [6.45, 7) is 7.31. The normalized spacial score (nSPS) is 25.4. The van der Waals surface area contributed by atoms with Crippen LogP contribution in [0.5, 0.6) is 0 Å². The first-order valence-electron chi connectivity index (χ1n) is 9.94. The van der Waals surface area contributed by atoms with Gasteiger partial charge in [-0.05, 0) is 63.1 Å². The van der Waals surface area contributed by atoms with E-state index in [1.807, 2.05) is 0 Å². The molecule has 0 spiro atoms. The SMILES string of the molecule is Cc1cc(C)c(C(=O)C2CC3CCC(C2)N3Cc2ccccc2)c(C)c1. The quantitative estimate of drug-likeness (QED) is 0.705. The molecule has 4 rings (SSSR count). The zero-order valence-electron chi connectivity index (χ0n) is 16.2. The van der Waals surface area contributed by atoms with Gasteiger partial charge in [0.2, 0.25) is 0 Å². The Labute approximate surface area is 157 Å². The zero-order valence-corrected chi connectivity index (χ0v) is 16.2. The molecule has 2 fully saturated rings. The van der Waals surface area contributed by atoms with Crippen molar-refractivity contribution in [2.75, 3.05) is 0 Å². The summed E-state index contributed by atoms with van der Waals surface area (Å²) < 4.78 is 0. The van der Waals surface area contributed by atoms with Gasteiger partial charge in [0.1, 0.15) is 0 Å². The average Bonchev–Trinajstić information content (AvgIpc) is 2.83. The van der Waals surface area contributed by atoms with E-state index in [2.05, 4.69) is 68.1 Å². The van der Waals surface area contributed by atoms with Crippen LogP contribution >= 0.6 is 0 Å². The number of piperidine rings is 1. The van der Waals surface area contributed by atoms with Crippen molar-refractivity contribution in [3.63, 3.8) is 0 Å². The second-order valence-corrected chi connectivity index (χ2v) is 8.35. The number of carbonyl (C=O) groups is 1. The van der Waals surface area contributed by atoms with Gasteiger partial charge in [-0.1, -0.05) is 48.0 Å². The van der Waals surface area contributed by atoms with Gasteiger partial charge in [0, 0.05) is 30.1 Å². The molecule has 2 aromatic carbocycles. The summed E-state index contributed by atoms with van der Waals surface area (Å²) in [7, 11) is 0.